The Balaban J connectivity index is 1.38. The van der Waals surface area contributed by atoms with Crippen molar-refractivity contribution in [3.8, 4) is 22.9 Å². The van der Waals surface area contributed by atoms with Crippen molar-refractivity contribution in [1.82, 2.24) is 19.5 Å². The maximum Gasteiger partial charge on any atom is 0.234 e. The predicted octanol–water partition coefficient (Wildman–Crippen LogP) is 5.88. The minimum atomic E-state index is -0.267. The van der Waals surface area contributed by atoms with Crippen LogP contribution in [0.4, 0.5) is 11.7 Å². The number of hydrogen-bond acceptors (Lipinski definition) is 7. The summed E-state index contributed by atoms with van der Waals surface area (Å²) in [6.07, 6.45) is 3.82. The van der Waals surface area contributed by atoms with Gasteiger partial charge in [-0.05, 0) is 24.6 Å². The van der Waals surface area contributed by atoms with Gasteiger partial charge in [-0.2, -0.15) is 10.2 Å². The summed E-state index contributed by atoms with van der Waals surface area (Å²) in [4.78, 5) is 18.4. The monoisotopic (exact) mass is 517 g/mol. The lowest BCUT2D eigenvalue weighted by atomic mass is 9.97. The molecule has 0 amide bonds. The van der Waals surface area contributed by atoms with E-state index in [4.69, 9.17) is 14.4 Å². The van der Waals surface area contributed by atoms with Gasteiger partial charge in [0.1, 0.15) is 18.2 Å². The van der Waals surface area contributed by atoms with E-state index in [1.807, 2.05) is 26.8 Å². The number of anilines is 2. The maximum atomic E-state index is 9.70. The lowest BCUT2D eigenvalue weighted by molar-refractivity contribution is 0.389. The fourth-order valence-corrected chi connectivity index (χ4v) is 5.07. The average molecular weight is 518 g/mol. The fraction of sp³-hybridized carbons (Fsp3) is 0.290. The highest BCUT2D eigenvalue weighted by atomic mass is 16.4. The van der Waals surface area contributed by atoms with Gasteiger partial charge in [-0.25, -0.2) is 9.97 Å². The summed E-state index contributed by atoms with van der Waals surface area (Å²) in [5.74, 6) is 2.06. The van der Waals surface area contributed by atoms with Crippen molar-refractivity contribution < 1.29 is 4.42 Å². The van der Waals surface area contributed by atoms with E-state index >= 15 is 0 Å². The summed E-state index contributed by atoms with van der Waals surface area (Å²) < 4.78 is 8.26. The Morgan fingerprint density at radius 2 is 1.59 bits per heavy atom. The summed E-state index contributed by atoms with van der Waals surface area (Å²) in [6.45, 7) is 11.0. The Morgan fingerprint density at radius 1 is 0.897 bits per heavy atom. The number of oxazole rings is 1. The fourth-order valence-electron chi connectivity index (χ4n) is 5.07. The molecule has 2 aromatic carbocycles. The summed E-state index contributed by atoms with van der Waals surface area (Å²) in [5, 5.41) is 10.7. The average Bonchev–Trinajstić information content (AvgIpc) is 3.57. The minimum absolute atomic E-state index is 0.267. The highest BCUT2D eigenvalue weighted by Gasteiger charge is 2.30. The van der Waals surface area contributed by atoms with Crippen LogP contribution in [-0.4, -0.2) is 45.7 Å². The van der Waals surface area contributed by atoms with Gasteiger partial charge in [-0.15, -0.1) is 0 Å². The highest BCUT2D eigenvalue weighted by molar-refractivity contribution is 6.02. The van der Waals surface area contributed by atoms with Crippen LogP contribution >= 0.6 is 0 Å². The van der Waals surface area contributed by atoms with Crippen molar-refractivity contribution in [3.05, 3.63) is 84.3 Å². The van der Waals surface area contributed by atoms with Crippen LogP contribution in [0.5, 0.6) is 0 Å². The van der Waals surface area contributed by atoms with E-state index in [1.54, 1.807) is 6.33 Å². The number of nitrogens with zero attached hydrogens (tertiary/aromatic N) is 7. The van der Waals surface area contributed by atoms with Crippen molar-refractivity contribution in [2.24, 2.45) is 0 Å². The van der Waals surface area contributed by atoms with Crippen molar-refractivity contribution in [1.29, 1.82) is 5.26 Å². The quantitative estimate of drug-likeness (QED) is 0.294. The van der Waals surface area contributed by atoms with Crippen LogP contribution in [0, 0.1) is 18.3 Å². The van der Waals surface area contributed by atoms with Crippen molar-refractivity contribution in [2.45, 2.75) is 33.1 Å². The van der Waals surface area contributed by atoms with Gasteiger partial charge in [0.05, 0.1) is 5.39 Å². The normalized spacial score (nSPS) is 14.1. The lowest BCUT2D eigenvalue weighted by Crippen LogP contribution is -2.47. The molecule has 6 rings (SSSR count). The molecule has 0 atom stereocenters. The largest absolute Gasteiger partial charge is 0.423 e. The third-order valence-corrected chi connectivity index (χ3v) is 7.18. The number of fused-ring (bicyclic) bond motifs is 1. The van der Waals surface area contributed by atoms with E-state index in [0.29, 0.717) is 30.6 Å². The zero-order valence-corrected chi connectivity index (χ0v) is 22.7. The number of aryl methyl sites for hydroxylation is 1. The molecule has 0 N–H and O–H groups in total. The van der Waals surface area contributed by atoms with E-state index in [-0.39, 0.29) is 5.41 Å². The standard InChI is InChI=1S/C31H31N7O/c1-21-10-12-23(13-11-21)38-19-24(22-8-6-5-7-9-22)26-27(33-20-34-28(26)38)36-14-16-37(17-15-36)29-25(18-32)35-30(39-29)31(2,3)4/h5-13,19-20H,14-17H2,1-4H3. The first-order chi connectivity index (χ1) is 18.8. The lowest BCUT2D eigenvalue weighted by Gasteiger charge is -2.35. The van der Waals surface area contributed by atoms with Crippen molar-refractivity contribution in [2.75, 3.05) is 36.0 Å². The molecular weight excluding hydrogens is 486 g/mol. The van der Waals surface area contributed by atoms with Gasteiger partial charge in [-0.1, -0.05) is 68.8 Å². The first-order valence-corrected chi connectivity index (χ1v) is 13.2. The zero-order chi connectivity index (χ0) is 27.1. The Labute approximate surface area is 228 Å². The predicted molar refractivity (Wildman–Crippen MR) is 153 cm³/mol. The highest BCUT2D eigenvalue weighted by Crippen LogP contribution is 2.37. The molecule has 3 aromatic heterocycles. The molecule has 5 aromatic rings. The van der Waals surface area contributed by atoms with Gasteiger partial charge in [0.15, 0.2) is 5.65 Å². The summed E-state index contributed by atoms with van der Waals surface area (Å²) in [7, 11) is 0. The first kappa shape index (κ1) is 24.7. The summed E-state index contributed by atoms with van der Waals surface area (Å²) >= 11 is 0. The number of piperazine rings is 1. The molecule has 39 heavy (non-hydrogen) atoms. The first-order valence-electron chi connectivity index (χ1n) is 13.2. The molecule has 0 aliphatic carbocycles. The second kappa shape index (κ2) is 9.59. The Hall–Kier alpha value is -4.64. The smallest absolute Gasteiger partial charge is 0.234 e. The van der Waals surface area contributed by atoms with Gasteiger partial charge in [0.2, 0.25) is 17.5 Å². The Morgan fingerprint density at radius 3 is 2.26 bits per heavy atom. The SMILES string of the molecule is Cc1ccc(-n2cc(-c3ccccc3)c3c(N4CCN(c5oc(C(C)(C)C)nc5C#N)CC4)ncnc32)cc1. The van der Waals surface area contributed by atoms with Gasteiger partial charge in [-0.3, -0.25) is 0 Å². The van der Waals surface area contributed by atoms with Gasteiger partial charge < -0.3 is 18.8 Å². The van der Waals surface area contributed by atoms with Crippen LogP contribution in [0.2, 0.25) is 0 Å². The van der Waals surface area contributed by atoms with Crippen molar-refractivity contribution in [3.63, 3.8) is 0 Å². The molecule has 0 unspecified atom stereocenters. The minimum Gasteiger partial charge on any atom is -0.423 e. The zero-order valence-electron chi connectivity index (χ0n) is 22.7. The molecule has 4 heterocycles. The molecule has 1 fully saturated rings. The van der Waals surface area contributed by atoms with Crippen LogP contribution in [-0.2, 0) is 5.41 Å². The topological polar surface area (TPSA) is 87.0 Å². The van der Waals surface area contributed by atoms with Gasteiger partial charge >= 0.3 is 0 Å². The van der Waals surface area contributed by atoms with Crippen LogP contribution in [0.1, 0.15) is 37.9 Å². The third-order valence-electron chi connectivity index (χ3n) is 7.18. The number of rotatable bonds is 4. The summed E-state index contributed by atoms with van der Waals surface area (Å²) in [6, 6.07) is 21.1. The Kier molecular flexibility index (Phi) is 6.07. The Bertz CT molecular complexity index is 1660. The molecule has 1 saturated heterocycles. The molecule has 0 radical (unpaired) electrons. The molecule has 0 bridgehead atoms. The number of benzene rings is 2. The van der Waals surface area contributed by atoms with Crippen LogP contribution in [0.3, 0.4) is 0 Å². The van der Waals surface area contributed by atoms with E-state index in [1.165, 1.54) is 5.56 Å². The maximum absolute atomic E-state index is 9.70. The molecule has 196 valence electrons. The molecule has 8 nitrogen and oxygen atoms in total. The van der Waals surface area contributed by atoms with Gasteiger partial charge in [0, 0.05) is 49.0 Å². The number of hydrogen-bond donors (Lipinski definition) is 0. The number of aromatic nitrogens is 4. The number of nitriles is 1. The summed E-state index contributed by atoms with van der Waals surface area (Å²) in [5.41, 5.74) is 5.45. The van der Waals surface area contributed by atoms with Crippen molar-refractivity contribution >= 4 is 22.7 Å². The molecule has 0 saturated carbocycles. The van der Waals surface area contributed by atoms with E-state index in [0.717, 1.165) is 46.8 Å². The van der Waals surface area contributed by atoms with E-state index in [2.05, 4.69) is 87.1 Å². The van der Waals surface area contributed by atoms with Crippen LogP contribution in [0.15, 0.2) is 71.5 Å². The molecule has 8 heteroatoms. The molecule has 1 aliphatic rings. The second-order valence-electron chi connectivity index (χ2n) is 11.0. The van der Waals surface area contributed by atoms with Crippen LogP contribution in [0.25, 0.3) is 27.8 Å². The molecule has 1 aliphatic heterocycles. The van der Waals surface area contributed by atoms with Crippen LogP contribution < -0.4 is 9.80 Å². The van der Waals surface area contributed by atoms with Gasteiger partial charge in [0.25, 0.3) is 0 Å². The van der Waals surface area contributed by atoms with E-state index in [9.17, 15) is 5.26 Å². The molecular formula is C31H31N7O. The third kappa shape index (κ3) is 4.50. The molecule has 0 spiro atoms. The second-order valence-corrected chi connectivity index (χ2v) is 11.0. The van der Waals surface area contributed by atoms with E-state index < -0.39 is 0 Å².